The minimum Gasteiger partial charge on any atom is -0.313 e. The summed E-state index contributed by atoms with van der Waals surface area (Å²) in [5, 5.41) is 3.79. The van der Waals surface area contributed by atoms with Crippen LogP contribution in [0.15, 0.2) is 24.3 Å². The molecule has 98 valence electrons. The fourth-order valence-electron chi connectivity index (χ4n) is 3.64. The van der Waals surface area contributed by atoms with Crippen molar-refractivity contribution in [1.29, 1.82) is 0 Å². The standard InChI is InChI=1S/C17H25N/c1-2-11-17(13-18-15-9-10-15)12-5-7-14-6-3-4-8-16(14)17/h3-4,6,8,15,18H,2,5,7,9-13H2,1H3. The maximum absolute atomic E-state index is 3.79. The molecule has 1 nitrogen and oxygen atoms in total. The zero-order valence-electron chi connectivity index (χ0n) is 11.5. The van der Waals surface area contributed by atoms with E-state index in [1.807, 2.05) is 0 Å². The van der Waals surface area contributed by atoms with Gasteiger partial charge in [-0.25, -0.2) is 0 Å². The molecule has 1 saturated carbocycles. The summed E-state index contributed by atoms with van der Waals surface area (Å²) in [7, 11) is 0. The third-order valence-corrected chi connectivity index (χ3v) is 4.73. The van der Waals surface area contributed by atoms with E-state index in [1.165, 1.54) is 51.5 Å². The Hall–Kier alpha value is -0.820. The Kier molecular flexibility index (Phi) is 3.43. The lowest BCUT2D eigenvalue weighted by atomic mass is 9.67. The third kappa shape index (κ3) is 2.33. The van der Waals surface area contributed by atoms with Gasteiger partial charge in [0, 0.05) is 18.0 Å². The third-order valence-electron chi connectivity index (χ3n) is 4.73. The van der Waals surface area contributed by atoms with Crippen molar-refractivity contribution < 1.29 is 0 Å². The van der Waals surface area contributed by atoms with Crippen molar-refractivity contribution in [3.05, 3.63) is 35.4 Å². The van der Waals surface area contributed by atoms with Crippen LogP contribution in [-0.2, 0) is 11.8 Å². The molecule has 2 aliphatic carbocycles. The number of nitrogens with one attached hydrogen (secondary N) is 1. The van der Waals surface area contributed by atoms with Gasteiger partial charge in [-0.2, -0.15) is 0 Å². The van der Waals surface area contributed by atoms with Crippen molar-refractivity contribution in [1.82, 2.24) is 5.32 Å². The largest absolute Gasteiger partial charge is 0.313 e. The van der Waals surface area contributed by atoms with E-state index in [-0.39, 0.29) is 0 Å². The summed E-state index contributed by atoms with van der Waals surface area (Å²) in [5.74, 6) is 0. The van der Waals surface area contributed by atoms with E-state index < -0.39 is 0 Å². The molecule has 1 fully saturated rings. The van der Waals surface area contributed by atoms with E-state index in [1.54, 1.807) is 11.1 Å². The molecule has 0 aliphatic heterocycles. The summed E-state index contributed by atoms with van der Waals surface area (Å²) in [4.78, 5) is 0. The Balaban J connectivity index is 1.87. The number of rotatable bonds is 5. The summed E-state index contributed by atoms with van der Waals surface area (Å²) in [6.07, 6.45) is 9.43. The van der Waals surface area contributed by atoms with Gasteiger partial charge in [0.05, 0.1) is 0 Å². The molecular formula is C17H25N. The Morgan fingerprint density at radius 1 is 1.28 bits per heavy atom. The predicted molar refractivity (Wildman–Crippen MR) is 77.0 cm³/mol. The van der Waals surface area contributed by atoms with Gasteiger partial charge in [0.15, 0.2) is 0 Å². The normalized spacial score (nSPS) is 26.9. The zero-order chi connectivity index (χ0) is 12.4. The maximum atomic E-state index is 3.79. The van der Waals surface area contributed by atoms with Gasteiger partial charge in [-0.15, -0.1) is 0 Å². The van der Waals surface area contributed by atoms with Gasteiger partial charge in [0.1, 0.15) is 0 Å². The van der Waals surface area contributed by atoms with E-state index >= 15 is 0 Å². The predicted octanol–water partition coefficient (Wildman–Crippen LogP) is 3.81. The molecule has 1 aromatic carbocycles. The zero-order valence-corrected chi connectivity index (χ0v) is 11.5. The number of hydrogen-bond donors (Lipinski definition) is 1. The molecule has 1 heteroatoms. The molecule has 0 spiro atoms. The monoisotopic (exact) mass is 243 g/mol. The number of aryl methyl sites for hydroxylation is 1. The quantitative estimate of drug-likeness (QED) is 0.829. The van der Waals surface area contributed by atoms with Crippen LogP contribution in [0.1, 0.15) is 56.6 Å². The Labute approximate surface area is 111 Å². The molecule has 0 heterocycles. The van der Waals surface area contributed by atoms with E-state index in [9.17, 15) is 0 Å². The van der Waals surface area contributed by atoms with Crippen LogP contribution >= 0.6 is 0 Å². The number of hydrogen-bond acceptors (Lipinski definition) is 1. The van der Waals surface area contributed by atoms with Crippen LogP contribution < -0.4 is 5.32 Å². The average Bonchev–Trinajstić information content (AvgIpc) is 3.21. The first-order valence-corrected chi connectivity index (χ1v) is 7.66. The van der Waals surface area contributed by atoms with E-state index in [4.69, 9.17) is 0 Å². The van der Waals surface area contributed by atoms with Gasteiger partial charge in [-0.3, -0.25) is 0 Å². The Morgan fingerprint density at radius 2 is 2.11 bits per heavy atom. The molecule has 0 aromatic heterocycles. The average molecular weight is 243 g/mol. The smallest absolute Gasteiger partial charge is 0.00806 e. The first-order valence-electron chi connectivity index (χ1n) is 7.66. The van der Waals surface area contributed by atoms with Crippen molar-refractivity contribution in [2.75, 3.05) is 6.54 Å². The van der Waals surface area contributed by atoms with Crippen LogP contribution in [0.3, 0.4) is 0 Å². The molecule has 0 bridgehead atoms. The van der Waals surface area contributed by atoms with Crippen molar-refractivity contribution in [3.8, 4) is 0 Å². The number of fused-ring (bicyclic) bond motifs is 1. The van der Waals surface area contributed by atoms with Crippen molar-refractivity contribution in [3.63, 3.8) is 0 Å². The molecule has 1 N–H and O–H groups in total. The highest BCUT2D eigenvalue weighted by Crippen LogP contribution is 2.41. The van der Waals surface area contributed by atoms with E-state index in [2.05, 4.69) is 36.5 Å². The fraction of sp³-hybridized carbons (Fsp3) is 0.647. The summed E-state index contributed by atoms with van der Waals surface area (Å²) in [5.41, 5.74) is 3.67. The molecule has 0 radical (unpaired) electrons. The highest BCUT2D eigenvalue weighted by atomic mass is 15.0. The lowest BCUT2D eigenvalue weighted by Gasteiger charge is -2.40. The van der Waals surface area contributed by atoms with Gasteiger partial charge in [0.2, 0.25) is 0 Å². The minimum absolute atomic E-state index is 0.423. The van der Waals surface area contributed by atoms with Crippen LogP contribution in [-0.4, -0.2) is 12.6 Å². The lowest BCUT2D eigenvalue weighted by molar-refractivity contribution is 0.312. The van der Waals surface area contributed by atoms with Crippen molar-refractivity contribution in [2.45, 2.75) is 63.3 Å². The van der Waals surface area contributed by atoms with Crippen LogP contribution in [0.25, 0.3) is 0 Å². The SMILES string of the molecule is CCCC1(CNC2CC2)CCCc2ccccc21. The molecule has 1 unspecified atom stereocenters. The van der Waals surface area contributed by atoms with Crippen LogP contribution in [0.2, 0.25) is 0 Å². The molecule has 18 heavy (non-hydrogen) atoms. The summed E-state index contributed by atoms with van der Waals surface area (Å²) < 4.78 is 0. The van der Waals surface area contributed by atoms with Crippen LogP contribution in [0, 0.1) is 0 Å². The van der Waals surface area contributed by atoms with Gasteiger partial charge in [-0.05, 0) is 49.7 Å². The van der Waals surface area contributed by atoms with Crippen molar-refractivity contribution >= 4 is 0 Å². The van der Waals surface area contributed by atoms with Gasteiger partial charge in [0.25, 0.3) is 0 Å². The molecule has 0 amide bonds. The molecule has 2 aliphatic rings. The first kappa shape index (κ1) is 12.2. The topological polar surface area (TPSA) is 12.0 Å². The lowest BCUT2D eigenvalue weighted by Crippen LogP contribution is -2.41. The Bertz CT molecular complexity index is 408. The van der Waals surface area contributed by atoms with Crippen molar-refractivity contribution in [2.24, 2.45) is 0 Å². The molecule has 1 aromatic rings. The van der Waals surface area contributed by atoms with E-state index in [0.29, 0.717) is 5.41 Å². The van der Waals surface area contributed by atoms with E-state index in [0.717, 1.165) is 6.04 Å². The van der Waals surface area contributed by atoms with Crippen LogP contribution in [0.4, 0.5) is 0 Å². The summed E-state index contributed by atoms with van der Waals surface area (Å²) >= 11 is 0. The highest BCUT2D eigenvalue weighted by molar-refractivity contribution is 5.37. The minimum atomic E-state index is 0.423. The highest BCUT2D eigenvalue weighted by Gasteiger charge is 2.36. The molecule has 3 rings (SSSR count). The summed E-state index contributed by atoms with van der Waals surface area (Å²) in [6.45, 7) is 3.53. The fourth-order valence-corrected chi connectivity index (χ4v) is 3.64. The number of benzene rings is 1. The Morgan fingerprint density at radius 3 is 2.89 bits per heavy atom. The summed E-state index contributed by atoms with van der Waals surface area (Å²) in [6, 6.07) is 9.99. The van der Waals surface area contributed by atoms with Gasteiger partial charge >= 0.3 is 0 Å². The second-order valence-corrected chi connectivity index (χ2v) is 6.20. The first-order chi connectivity index (χ1) is 8.84. The van der Waals surface area contributed by atoms with Gasteiger partial charge in [-0.1, -0.05) is 37.6 Å². The molecule has 1 atom stereocenters. The second-order valence-electron chi connectivity index (χ2n) is 6.20. The second kappa shape index (κ2) is 5.05. The molecular weight excluding hydrogens is 218 g/mol. The molecule has 0 saturated heterocycles. The van der Waals surface area contributed by atoms with Gasteiger partial charge < -0.3 is 5.32 Å². The maximum Gasteiger partial charge on any atom is 0.00806 e. The van der Waals surface area contributed by atoms with Crippen LogP contribution in [0.5, 0.6) is 0 Å².